The summed E-state index contributed by atoms with van der Waals surface area (Å²) in [4.78, 5) is 0. The van der Waals surface area contributed by atoms with Gasteiger partial charge in [0.25, 0.3) is 0 Å². The lowest BCUT2D eigenvalue weighted by Crippen LogP contribution is -1.93. The highest BCUT2D eigenvalue weighted by molar-refractivity contribution is 5.62. The first-order valence-electron chi connectivity index (χ1n) is 14.1. The van der Waals surface area contributed by atoms with E-state index in [2.05, 4.69) is 159 Å². The Morgan fingerprint density at radius 2 is 0.342 bits per heavy atom. The molecule has 0 heteroatoms. The van der Waals surface area contributed by atoms with Crippen LogP contribution in [0.5, 0.6) is 0 Å². The van der Waals surface area contributed by atoms with Gasteiger partial charge >= 0.3 is 0 Å². The summed E-state index contributed by atoms with van der Waals surface area (Å²) >= 11 is 0. The third-order valence-electron chi connectivity index (χ3n) is 2.55. The van der Waals surface area contributed by atoms with Gasteiger partial charge in [-0.3, -0.25) is 0 Å². The monoisotopic (exact) mass is 521 g/mol. The van der Waals surface area contributed by atoms with E-state index in [0.29, 0.717) is 21.7 Å². The fourth-order valence-corrected chi connectivity index (χ4v) is 1.65. The Kier molecular flexibility index (Phi) is 21.8. The predicted octanol–water partition coefficient (Wildman–Crippen LogP) is 13.2. The number of benzene rings is 3. The lowest BCUT2D eigenvalue weighted by atomic mass is 10.0. The number of rotatable bonds is 1. The van der Waals surface area contributed by atoms with E-state index in [9.17, 15) is 0 Å². The normalized spacial score (nSPS) is 10.6. The van der Waals surface area contributed by atoms with Crippen LogP contribution in [-0.2, 0) is 0 Å². The van der Waals surface area contributed by atoms with Crippen LogP contribution in [0, 0.1) is 21.7 Å². The molecule has 0 heterocycles. The highest BCUT2D eigenvalue weighted by Crippen LogP contribution is 2.17. The van der Waals surface area contributed by atoms with Crippen molar-refractivity contribution in [3.05, 3.63) is 97.1 Å². The van der Waals surface area contributed by atoms with Crippen molar-refractivity contribution in [1.29, 1.82) is 0 Å². The maximum Gasteiger partial charge on any atom is -0.0184 e. The summed E-state index contributed by atoms with van der Waals surface area (Å²) in [7, 11) is 0. The summed E-state index contributed by atoms with van der Waals surface area (Å²) < 4.78 is 0. The Morgan fingerprint density at radius 3 is 0.474 bits per heavy atom. The largest absolute Gasteiger partial charge is 0.0623 e. The molecule has 0 aromatic heterocycles. The van der Waals surface area contributed by atoms with Gasteiger partial charge in [-0.15, -0.1) is 0 Å². The summed E-state index contributed by atoms with van der Waals surface area (Å²) in [5.74, 6) is 0. The molecule has 0 N–H and O–H groups in total. The molecule has 3 aromatic rings. The highest BCUT2D eigenvalue weighted by atomic mass is 14.0. The minimum Gasteiger partial charge on any atom is -0.0623 e. The molecule has 3 rings (SSSR count). The van der Waals surface area contributed by atoms with Gasteiger partial charge in [0, 0.05) is 0 Å². The van der Waals surface area contributed by atoms with Gasteiger partial charge in [0.05, 0.1) is 0 Å². The summed E-state index contributed by atoms with van der Waals surface area (Å²) in [6.07, 6.45) is 0. The minimum absolute atomic E-state index is 0.500. The maximum absolute atomic E-state index is 2.19. The molecule has 0 aliphatic heterocycles. The summed E-state index contributed by atoms with van der Waals surface area (Å²) in [6.45, 7) is 35.0. The Balaban J connectivity index is -0.000000410. The van der Waals surface area contributed by atoms with Crippen molar-refractivity contribution in [2.45, 2.75) is 111 Å². The van der Waals surface area contributed by atoms with Crippen molar-refractivity contribution in [2.24, 2.45) is 21.7 Å². The van der Waals surface area contributed by atoms with Gasteiger partial charge < -0.3 is 0 Å². The van der Waals surface area contributed by atoms with E-state index in [4.69, 9.17) is 0 Å². The molecular weight excluding hydrogens is 456 g/mol. The van der Waals surface area contributed by atoms with E-state index >= 15 is 0 Å². The van der Waals surface area contributed by atoms with Crippen LogP contribution in [0.15, 0.2) is 97.1 Å². The molecule has 0 radical (unpaired) electrons. The molecular formula is C38H64. The molecule has 0 saturated heterocycles. The fraction of sp³-hybridized carbons (Fsp3) is 0.526. The first-order chi connectivity index (χ1) is 17.0. The zero-order valence-electron chi connectivity index (χ0n) is 28.2. The zero-order chi connectivity index (χ0) is 30.5. The fourth-order valence-electron chi connectivity index (χ4n) is 1.65. The Bertz CT molecular complexity index is 711. The van der Waals surface area contributed by atoms with Gasteiger partial charge in [0.2, 0.25) is 0 Å². The van der Waals surface area contributed by atoms with Crippen molar-refractivity contribution in [2.75, 3.05) is 0 Å². The molecule has 0 fully saturated rings. The van der Waals surface area contributed by atoms with Gasteiger partial charge in [-0.2, -0.15) is 0 Å². The van der Waals surface area contributed by atoms with E-state index in [1.165, 1.54) is 11.1 Å². The van der Waals surface area contributed by atoms with Crippen LogP contribution >= 0.6 is 0 Å². The standard InChI is InChI=1S/C12H10.C6H6.4C5H12/c1-3-7-11(8-4-1)12-9-5-2-6-10-12;1-2-4-6-5-3-1;4*1-5(2,3)4/h1-10H;1-6H;4*1-4H3. The van der Waals surface area contributed by atoms with Gasteiger partial charge in [-0.1, -0.05) is 208 Å². The van der Waals surface area contributed by atoms with E-state index < -0.39 is 0 Å². The molecule has 3 aromatic carbocycles. The smallest absolute Gasteiger partial charge is 0.0184 e. The second-order valence-electron chi connectivity index (χ2n) is 15.9. The van der Waals surface area contributed by atoms with E-state index in [1.54, 1.807) is 0 Å². The lowest BCUT2D eigenvalue weighted by Gasteiger charge is -2.05. The number of hydrogen-bond acceptors (Lipinski definition) is 0. The van der Waals surface area contributed by atoms with E-state index in [0.717, 1.165) is 0 Å². The quantitative estimate of drug-likeness (QED) is 0.299. The van der Waals surface area contributed by atoms with Gasteiger partial charge in [-0.05, 0) is 32.8 Å². The van der Waals surface area contributed by atoms with E-state index in [-0.39, 0.29) is 0 Å². The topological polar surface area (TPSA) is 0 Å². The average Bonchev–Trinajstić information content (AvgIpc) is 2.72. The first kappa shape index (κ1) is 40.2. The average molecular weight is 521 g/mol. The molecule has 0 aliphatic rings. The molecule has 216 valence electrons. The van der Waals surface area contributed by atoms with Crippen LogP contribution in [0.4, 0.5) is 0 Å². The van der Waals surface area contributed by atoms with Crippen molar-refractivity contribution in [3.8, 4) is 11.1 Å². The highest BCUT2D eigenvalue weighted by Gasteiger charge is 1.97. The summed E-state index contributed by atoms with van der Waals surface area (Å²) in [5.41, 5.74) is 4.55. The van der Waals surface area contributed by atoms with E-state index in [1.807, 2.05) is 48.5 Å². The van der Waals surface area contributed by atoms with Crippen LogP contribution < -0.4 is 0 Å². The molecule has 0 saturated carbocycles. The molecule has 0 unspecified atom stereocenters. The van der Waals surface area contributed by atoms with Crippen LogP contribution in [-0.4, -0.2) is 0 Å². The molecule has 0 amide bonds. The third kappa shape index (κ3) is 64.1. The molecule has 0 nitrogen and oxygen atoms in total. The Hall–Kier alpha value is -2.34. The Labute approximate surface area is 240 Å². The predicted molar refractivity (Wildman–Crippen MR) is 179 cm³/mol. The molecule has 38 heavy (non-hydrogen) atoms. The molecule has 0 atom stereocenters. The van der Waals surface area contributed by atoms with Gasteiger partial charge in [0.1, 0.15) is 0 Å². The molecule has 0 bridgehead atoms. The van der Waals surface area contributed by atoms with Crippen molar-refractivity contribution >= 4 is 0 Å². The van der Waals surface area contributed by atoms with Crippen molar-refractivity contribution < 1.29 is 0 Å². The van der Waals surface area contributed by atoms with Crippen LogP contribution in [0.3, 0.4) is 0 Å². The minimum atomic E-state index is 0.500. The van der Waals surface area contributed by atoms with Crippen molar-refractivity contribution in [3.63, 3.8) is 0 Å². The van der Waals surface area contributed by atoms with Gasteiger partial charge in [-0.25, -0.2) is 0 Å². The van der Waals surface area contributed by atoms with Crippen LogP contribution in [0.1, 0.15) is 111 Å². The van der Waals surface area contributed by atoms with Crippen LogP contribution in [0.2, 0.25) is 0 Å². The first-order valence-corrected chi connectivity index (χ1v) is 14.1. The van der Waals surface area contributed by atoms with Crippen molar-refractivity contribution in [1.82, 2.24) is 0 Å². The summed E-state index contributed by atoms with van der Waals surface area (Å²) in [6, 6.07) is 32.8. The molecule has 0 aliphatic carbocycles. The third-order valence-corrected chi connectivity index (χ3v) is 2.55. The van der Waals surface area contributed by atoms with Gasteiger partial charge in [0.15, 0.2) is 0 Å². The second kappa shape index (κ2) is 20.6. The summed E-state index contributed by atoms with van der Waals surface area (Å²) in [5, 5.41) is 0. The second-order valence-corrected chi connectivity index (χ2v) is 15.9. The molecule has 0 spiro atoms. The Morgan fingerprint density at radius 1 is 0.237 bits per heavy atom. The maximum atomic E-state index is 2.19. The lowest BCUT2D eigenvalue weighted by molar-refractivity contribution is 0.469. The zero-order valence-corrected chi connectivity index (χ0v) is 28.2. The van der Waals surface area contributed by atoms with Crippen LogP contribution in [0.25, 0.3) is 11.1 Å². The SMILES string of the molecule is CC(C)(C)C.CC(C)(C)C.CC(C)(C)C.CC(C)(C)C.c1ccc(-c2ccccc2)cc1.c1ccccc1. The number of hydrogen-bond donors (Lipinski definition) is 0.